The van der Waals surface area contributed by atoms with Crippen LogP contribution in [0.5, 0.6) is 5.75 Å². The van der Waals surface area contributed by atoms with Gasteiger partial charge in [-0.25, -0.2) is 4.79 Å². The summed E-state index contributed by atoms with van der Waals surface area (Å²) < 4.78 is 11.5. The molecule has 0 spiro atoms. The molecule has 3 aromatic rings. The normalized spacial score (nSPS) is 12.8. The lowest BCUT2D eigenvalue weighted by Gasteiger charge is -2.27. The van der Waals surface area contributed by atoms with Crippen LogP contribution in [0, 0.1) is 5.92 Å². The molecule has 8 heteroatoms. The first-order chi connectivity index (χ1) is 19.0. The number of ether oxygens (including phenoxy) is 2. The third kappa shape index (κ3) is 10.2. The minimum atomic E-state index is -0.951. The quantitative estimate of drug-likeness (QED) is 0.315. The maximum absolute atomic E-state index is 13.4. The van der Waals surface area contributed by atoms with Crippen molar-refractivity contribution in [1.82, 2.24) is 15.6 Å². The number of rotatable bonds is 12. The molecule has 0 bridgehead atoms. The number of esters is 1. The smallest absolute Gasteiger partial charge is 0.329 e. The molecule has 2 atom stereocenters. The minimum absolute atomic E-state index is 0.119. The first-order valence-electron chi connectivity index (χ1n) is 13.5. The summed E-state index contributed by atoms with van der Waals surface area (Å²) in [6.45, 7) is 9.69. The Kier molecular flexibility index (Phi) is 10.8. The van der Waals surface area contributed by atoms with Crippen molar-refractivity contribution in [2.75, 3.05) is 0 Å². The summed E-state index contributed by atoms with van der Waals surface area (Å²) >= 11 is 0. The third-order valence-corrected chi connectivity index (χ3v) is 5.87. The Morgan fingerprint density at radius 3 is 2.15 bits per heavy atom. The van der Waals surface area contributed by atoms with Gasteiger partial charge in [0.2, 0.25) is 5.91 Å². The molecule has 0 saturated carbocycles. The second-order valence-corrected chi connectivity index (χ2v) is 11.1. The molecule has 0 aliphatic heterocycles. The van der Waals surface area contributed by atoms with Crippen LogP contribution in [-0.2, 0) is 27.4 Å². The van der Waals surface area contributed by atoms with Crippen LogP contribution in [0.2, 0.25) is 0 Å². The SMILES string of the molecule is CC(C)CC(NC(=O)c1cccnc1)C(=O)NC(Cc1ccc(OCc2ccccc2)cc1)C(=O)OC(C)(C)C. The monoisotopic (exact) mass is 545 g/mol. The van der Waals surface area contributed by atoms with E-state index in [9.17, 15) is 14.4 Å². The van der Waals surface area contributed by atoms with Crippen LogP contribution in [0.4, 0.5) is 0 Å². The van der Waals surface area contributed by atoms with Gasteiger partial charge in [0, 0.05) is 18.8 Å². The van der Waals surface area contributed by atoms with E-state index in [-0.39, 0.29) is 12.3 Å². The number of carbonyl (C=O) groups excluding carboxylic acids is 3. The highest BCUT2D eigenvalue weighted by atomic mass is 16.6. The molecule has 1 aromatic heterocycles. The Hall–Kier alpha value is -4.20. The molecule has 8 nitrogen and oxygen atoms in total. The van der Waals surface area contributed by atoms with Crippen LogP contribution >= 0.6 is 0 Å². The predicted molar refractivity (Wildman–Crippen MR) is 154 cm³/mol. The molecule has 0 fully saturated rings. The van der Waals surface area contributed by atoms with E-state index in [0.717, 1.165) is 11.1 Å². The molecule has 2 unspecified atom stereocenters. The van der Waals surface area contributed by atoms with Gasteiger partial charge in [-0.15, -0.1) is 0 Å². The number of nitrogens with zero attached hydrogens (tertiary/aromatic N) is 1. The average molecular weight is 546 g/mol. The van der Waals surface area contributed by atoms with Crippen LogP contribution in [-0.4, -0.2) is 40.5 Å². The van der Waals surface area contributed by atoms with Crippen molar-refractivity contribution in [1.29, 1.82) is 0 Å². The van der Waals surface area contributed by atoms with Crippen molar-refractivity contribution in [2.45, 2.75) is 71.8 Å². The molecule has 0 aliphatic carbocycles. The fourth-order valence-corrected chi connectivity index (χ4v) is 3.98. The summed E-state index contributed by atoms with van der Waals surface area (Å²) in [5.74, 6) is -0.598. The fourth-order valence-electron chi connectivity index (χ4n) is 3.98. The van der Waals surface area contributed by atoms with Gasteiger partial charge in [-0.1, -0.05) is 56.3 Å². The van der Waals surface area contributed by atoms with E-state index < -0.39 is 35.5 Å². The number of aromatic nitrogens is 1. The summed E-state index contributed by atoms with van der Waals surface area (Å²) in [6, 6.07) is 18.8. The molecule has 40 heavy (non-hydrogen) atoms. The molecule has 2 N–H and O–H groups in total. The lowest BCUT2D eigenvalue weighted by atomic mass is 10.0. The van der Waals surface area contributed by atoms with E-state index in [0.29, 0.717) is 24.3 Å². The molecular weight excluding hydrogens is 506 g/mol. The number of nitrogens with one attached hydrogen (secondary N) is 2. The molecule has 0 radical (unpaired) electrons. The second-order valence-electron chi connectivity index (χ2n) is 11.1. The van der Waals surface area contributed by atoms with E-state index >= 15 is 0 Å². The lowest BCUT2D eigenvalue weighted by molar-refractivity contribution is -0.158. The largest absolute Gasteiger partial charge is 0.489 e. The first kappa shape index (κ1) is 30.3. The minimum Gasteiger partial charge on any atom is -0.489 e. The molecule has 1 heterocycles. The van der Waals surface area contributed by atoms with Crippen LogP contribution in [0.25, 0.3) is 0 Å². The Morgan fingerprint density at radius 1 is 0.850 bits per heavy atom. The second kappa shape index (κ2) is 14.3. The number of hydrogen-bond acceptors (Lipinski definition) is 6. The Balaban J connectivity index is 1.72. The maximum atomic E-state index is 13.4. The highest BCUT2D eigenvalue weighted by Gasteiger charge is 2.30. The molecule has 3 rings (SSSR count). The fraction of sp³-hybridized carbons (Fsp3) is 0.375. The van der Waals surface area contributed by atoms with E-state index in [1.807, 2.05) is 68.4 Å². The molecular formula is C32H39N3O5. The zero-order chi connectivity index (χ0) is 29.1. The molecule has 212 valence electrons. The van der Waals surface area contributed by atoms with Crippen molar-refractivity contribution < 1.29 is 23.9 Å². The van der Waals surface area contributed by atoms with Gasteiger partial charge in [0.1, 0.15) is 30.0 Å². The van der Waals surface area contributed by atoms with Crippen LogP contribution in [0.15, 0.2) is 79.1 Å². The van der Waals surface area contributed by atoms with Gasteiger partial charge in [0.05, 0.1) is 5.56 Å². The Bertz CT molecular complexity index is 1240. The molecule has 0 aliphatic rings. The van der Waals surface area contributed by atoms with Gasteiger partial charge < -0.3 is 20.1 Å². The van der Waals surface area contributed by atoms with Crippen LogP contribution in [0.3, 0.4) is 0 Å². The van der Waals surface area contributed by atoms with E-state index in [4.69, 9.17) is 9.47 Å². The molecule has 2 amide bonds. The van der Waals surface area contributed by atoms with Crippen molar-refractivity contribution in [2.24, 2.45) is 5.92 Å². The van der Waals surface area contributed by atoms with Crippen LogP contribution in [0.1, 0.15) is 62.5 Å². The zero-order valence-electron chi connectivity index (χ0n) is 23.8. The number of benzene rings is 2. The van der Waals surface area contributed by atoms with Crippen molar-refractivity contribution >= 4 is 17.8 Å². The summed E-state index contributed by atoms with van der Waals surface area (Å²) in [5, 5.41) is 5.63. The van der Waals surface area contributed by atoms with Gasteiger partial charge >= 0.3 is 5.97 Å². The van der Waals surface area contributed by atoms with Gasteiger partial charge in [-0.05, 0) is 68.5 Å². The average Bonchev–Trinajstić information content (AvgIpc) is 2.91. The standard InChI is InChI=1S/C32H39N3O5/c1-22(2)18-27(34-29(36)25-12-9-17-33-20-25)30(37)35-28(31(38)40-32(3,4)5)19-23-13-15-26(16-14-23)39-21-24-10-7-6-8-11-24/h6-17,20,22,27-28H,18-19,21H2,1-5H3,(H,34,36)(H,35,37). The lowest BCUT2D eigenvalue weighted by Crippen LogP contribution is -2.53. The predicted octanol–water partition coefficient (Wildman–Crippen LogP) is 4.87. The maximum Gasteiger partial charge on any atom is 0.329 e. The van der Waals surface area contributed by atoms with E-state index in [1.54, 1.807) is 39.1 Å². The van der Waals surface area contributed by atoms with Crippen molar-refractivity contribution in [3.8, 4) is 5.75 Å². The summed E-state index contributed by atoms with van der Waals surface area (Å²) in [7, 11) is 0. The number of hydrogen-bond donors (Lipinski definition) is 2. The Labute approximate surface area is 236 Å². The van der Waals surface area contributed by atoms with Gasteiger partial charge in [-0.3, -0.25) is 14.6 Å². The Morgan fingerprint density at radius 2 is 1.55 bits per heavy atom. The van der Waals surface area contributed by atoms with Crippen molar-refractivity contribution in [3.05, 3.63) is 95.8 Å². The van der Waals surface area contributed by atoms with Crippen LogP contribution < -0.4 is 15.4 Å². The summed E-state index contributed by atoms with van der Waals surface area (Å²) in [5.41, 5.74) is 1.50. The molecule has 0 saturated heterocycles. The summed E-state index contributed by atoms with van der Waals surface area (Å²) in [6.07, 6.45) is 3.62. The molecule has 2 aromatic carbocycles. The van der Waals surface area contributed by atoms with Gasteiger partial charge in [-0.2, -0.15) is 0 Å². The van der Waals surface area contributed by atoms with Crippen molar-refractivity contribution in [3.63, 3.8) is 0 Å². The number of pyridine rings is 1. The van der Waals surface area contributed by atoms with Gasteiger partial charge in [0.15, 0.2) is 0 Å². The first-order valence-corrected chi connectivity index (χ1v) is 13.5. The number of carbonyl (C=O) groups is 3. The summed E-state index contributed by atoms with van der Waals surface area (Å²) in [4.78, 5) is 43.3. The van der Waals surface area contributed by atoms with E-state index in [1.165, 1.54) is 6.20 Å². The zero-order valence-corrected chi connectivity index (χ0v) is 23.8. The third-order valence-electron chi connectivity index (χ3n) is 5.87. The highest BCUT2D eigenvalue weighted by molar-refractivity contribution is 5.98. The topological polar surface area (TPSA) is 107 Å². The number of amides is 2. The van der Waals surface area contributed by atoms with Gasteiger partial charge in [0.25, 0.3) is 5.91 Å². The highest BCUT2D eigenvalue weighted by Crippen LogP contribution is 2.17. The van der Waals surface area contributed by atoms with E-state index in [2.05, 4.69) is 15.6 Å².